The molecule has 29 heavy (non-hydrogen) atoms. The average Bonchev–Trinajstić information content (AvgIpc) is 3.16. The van der Waals surface area contributed by atoms with Gasteiger partial charge in [-0.1, -0.05) is 15.9 Å². The van der Waals surface area contributed by atoms with Crippen molar-refractivity contribution in [3.63, 3.8) is 0 Å². The monoisotopic (exact) mass is 478 g/mol. The number of fused-ring (bicyclic) bond motifs is 1. The molecule has 6 nitrogen and oxygen atoms in total. The van der Waals surface area contributed by atoms with Crippen LogP contribution in [0.25, 0.3) is 10.9 Å². The number of aromatic amines is 1. The molecule has 0 amide bonds. The highest BCUT2D eigenvalue weighted by Crippen LogP contribution is 2.37. The number of piperidine rings is 1. The molecule has 8 heteroatoms. The molecule has 2 heterocycles. The lowest BCUT2D eigenvalue weighted by molar-refractivity contribution is 0.318. The molecule has 1 saturated heterocycles. The second-order valence-electron chi connectivity index (χ2n) is 7.13. The van der Waals surface area contributed by atoms with E-state index in [4.69, 9.17) is 9.47 Å². The van der Waals surface area contributed by atoms with Gasteiger partial charge in [-0.2, -0.15) is 4.31 Å². The molecule has 0 spiro atoms. The normalized spacial score (nSPS) is 16.2. The molecule has 3 aromatic rings. The molecule has 0 saturated carbocycles. The lowest BCUT2D eigenvalue weighted by atomic mass is 9.90. The van der Waals surface area contributed by atoms with E-state index >= 15 is 0 Å². The lowest BCUT2D eigenvalue weighted by Gasteiger charge is -2.31. The van der Waals surface area contributed by atoms with Crippen molar-refractivity contribution in [2.75, 3.05) is 27.3 Å². The van der Waals surface area contributed by atoms with Gasteiger partial charge in [0.05, 0.1) is 14.2 Å². The Balaban J connectivity index is 1.55. The van der Waals surface area contributed by atoms with Crippen LogP contribution in [0.3, 0.4) is 0 Å². The number of benzene rings is 2. The Morgan fingerprint density at radius 3 is 2.52 bits per heavy atom. The van der Waals surface area contributed by atoms with Gasteiger partial charge in [0.25, 0.3) is 0 Å². The molecule has 1 aromatic heterocycles. The third-order valence-electron chi connectivity index (χ3n) is 5.56. The summed E-state index contributed by atoms with van der Waals surface area (Å²) in [5, 5.41) is 1.14. The number of nitrogens with one attached hydrogen (secondary N) is 1. The van der Waals surface area contributed by atoms with Crippen molar-refractivity contribution in [1.82, 2.24) is 9.29 Å². The first-order chi connectivity index (χ1) is 13.9. The van der Waals surface area contributed by atoms with Crippen molar-refractivity contribution in [2.24, 2.45) is 0 Å². The molecule has 1 aliphatic heterocycles. The summed E-state index contributed by atoms with van der Waals surface area (Å²) >= 11 is 3.36. The number of aromatic nitrogens is 1. The Bertz CT molecular complexity index is 1130. The minimum Gasteiger partial charge on any atom is -0.497 e. The van der Waals surface area contributed by atoms with E-state index in [1.54, 1.807) is 29.6 Å². The number of H-pyrrole nitrogens is 1. The predicted molar refractivity (Wildman–Crippen MR) is 116 cm³/mol. The molecule has 0 atom stereocenters. The molecule has 0 radical (unpaired) electrons. The summed E-state index contributed by atoms with van der Waals surface area (Å²) in [6, 6.07) is 11.0. The molecular formula is C21H23BrN2O4S. The quantitative estimate of drug-likeness (QED) is 0.585. The third kappa shape index (κ3) is 3.76. The summed E-state index contributed by atoms with van der Waals surface area (Å²) in [6.45, 7) is 0.950. The van der Waals surface area contributed by atoms with Gasteiger partial charge in [-0.15, -0.1) is 0 Å². The SMILES string of the molecule is COc1ccc2[nH]cc(C3CCN(S(=O)(=O)c4ccc(Br)cc4OC)CC3)c2c1. The van der Waals surface area contributed by atoms with Crippen molar-refractivity contribution in [3.8, 4) is 11.5 Å². The van der Waals surface area contributed by atoms with E-state index in [1.165, 1.54) is 12.7 Å². The molecule has 0 aliphatic carbocycles. The Hall–Kier alpha value is -2.03. The number of rotatable bonds is 5. The fourth-order valence-corrected chi connectivity index (χ4v) is 5.93. The van der Waals surface area contributed by atoms with Gasteiger partial charge in [0, 0.05) is 34.7 Å². The molecule has 0 bridgehead atoms. The fourth-order valence-electron chi connectivity index (χ4n) is 3.99. The fraction of sp³-hybridized carbons (Fsp3) is 0.333. The van der Waals surface area contributed by atoms with Gasteiger partial charge in [0.2, 0.25) is 10.0 Å². The van der Waals surface area contributed by atoms with Crippen LogP contribution in [0, 0.1) is 0 Å². The Labute approximate surface area is 179 Å². The zero-order valence-corrected chi connectivity index (χ0v) is 18.7. The minimum atomic E-state index is -3.61. The van der Waals surface area contributed by atoms with Gasteiger partial charge in [0.1, 0.15) is 16.4 Å². The topological polar surface area (TPSA) is 71.6 Å². The van der Waals surface area contributed by atoms with Crippen molar-refractivity contribution in [1.29, 1.82) is 0 Å². The first-order valence-electron chi connectivity index (χ1n) is 9.42. The number of halogens is 1. The third-order valence-corrected chi connectivity index (χ3v) is 7.99. The second kappa shape index (κ2) is 8.01. The van der Waals surface area contributed by atoms with Crippen molar-refractivity contribution < 1.29 is 17.9 Å². The highest BCUT2D eigenvalue weighted by atomic mass is 79.9. The van der Waals surface area contributed by atoms with Gasteiger partial charge in [-0.3, -0.25) is 0 Å². The van der Waals surface area contributed by atoms with E-state index in [-0.39, 0.29) is 4.90 Å². The number of ether oxygens (including phenoxy) is 2. The van der Waals surface area contributed by atoms with E-state index in [2.05, 4.69) is 20.9 Å². The molecule has 4 rings (SSSR count). The summed E-state index contributed by atoms with van der Waals surface area (Å²) in [7, 11) is -0.463. The average molecular weight is 479 g/mol. The summed E-state index contributed by atoms with van der Waals surface area (Å²) < 4.78 is 39.3. The highest BCUT2D eigenvalue weighted by molar-refractivity contribution is 9.10. The lowest BCUT2D eigenvalue weighted by Crippen LogP contribution is -2.38. The molecule has 154 valence electrons. The molecule has 1 aliphatic rings. The summed E-state index contributed by atoms with van der Waals surface area (Å²) in [6.07, 6.45) is 3.57. The Morgan fingerprint density at radius 1 is 1.07 bits per heavy atom. The summed E-state index contributed by atoms with van der Waals surface area (Å²) in [4.78, 5) is 3.52. The second-order valence-corrected chi connectivity index (χ2v) is 9.95. The van der Waals surface area contributed by atoms with Crippen LogP contribution in [-0.4, -0.2) is 45.0 Å². The number of methoxy groups -OCH3 is 2. The van der Waals surface area contributed by atoms with Gasteiger partial charge in [-0.25, -0.2) is 8.42 Å². The maximum Gasteiger partial charge on any atom is 0.246 e. The standard InChI is InChI=1S/C21H23BrN2O4S/c1-27-16-4-5-19-17(12-16)18(13-23-19)14-7-9-24(10-8-14)29(25,26)21-6-3-15(22)11-20(21)28-2/h3-6,11-14,23H,7-10H2,1-2H3. The Kier molecular flexibility index (Phi) is 5.59. The van der Waals surface area contributed by atoms with Gasteiger partial charge >= 0.3 is 0 Å². The first-order valence-corrected chi connectivity index (χ1v) is 11.7. The molecule has 2 aromatic carbocycles. The zero-order valence-electron chi connectivity index (χ0n) is 16.3. The molecule has 0 unspecified atom stereocenters. The van der Waals surface area contributed by atoms with Crippen LogP contribution in [0.4, 0.5) is 0 Å². The van der Waals surface area contributed by atoms with Crippen molar-refractivity contribution >= 4 is 36.9 Å². The van der Waals surface area contributed by atoms with Crippen LogP contribution in [0.2, 0.25) is 0 Å². The number of nitrogens with zero attached hydrogens (tertiary/aromatic N) is 1. The van der Waals surface area contributed by atoms with Crippen LogP contribution in [0.1, 0.15) is 24.3 Å². The van der Waals surface area contributed by atoms with E-state index in [1.807, 2.05) is 24.4 Å². The maximum absolute atomic E-state index is 13.2. The summed E-state index contributed by atoms with van der Waals surface area (Å²) in [5.41, 5.74) is 2.28. The highest BCUT2D eigenvalue weighted by Gasteiger charge is 2.32. The van der Waals surface area contributed by atoms with E-state index < -0.39 is 10.0 Å². The predicted octanol–water partition coefficient (Wildman–Crippen LogP) is 4.52. The molecular weight excluding hydrogens is 456 g/mol. The Morgan fingerprint density at radius 2 is 1.83 bits per heavy atom. The van der Waals surface area contributed by atoms with E-state index in [9.17, 15) is 8.42 Å². The van der Waals surface area contributed by atoms with Crippen molar-refractivity contribution in [3.05, 3.63) is 52.6 Å². The van der Waals surface area contributed by atoms with Crippen LogP contribution in [0.15, 0.2) is 52.0 Å². The van der Waals surface area contributed by atoms with Crippen LogP contribution >= 0.6 is 15.9 Å². The molecule has 1 fully saturated rings. The number of hydrogen-bond acceptors (Lipinski definition) is 4. The van der Waals surface area contributed by atoms with Crippen LogP contribution in [0.5, 0.6) is 11.5 Å². The van der Waals surface area contributed by atoms with Gasteiger partial charge in [0.15, 0.2) is 0 Å². The smallest absolute Gasteiger partial charge is 0.246 e. The minimum absolute atomic E-state index is 0.207. The zero-order chi connectivity index (χ0) is 20.6. The maximum atomic E-state index is 13.2. The van der Waals surface area contributed by atoms with Crippen LogP contribution < -0.4 is 9.47 Å². The van der Waals surface area contributed by atoms with Crippen molar-refractivity contribution in [2.45, 2.75) is 23.7 Å². The number of sulfonamides is 1. The van der Waals surface area contributed by atoms with E-state index in [0.29, 0.717) is 24.8 Å². The number of hydrogen-bond donors (Lipinski definition) is 1. The molecule has 1 N–H and O–H groups in total. The summed E-state index contributed by atoms with van der Waals surface area (Å²) in [5.74, 6) is 1.47. The van der Waals surface area contributed by atoms with E-state index in [0.717, 1.165) is 34.0 Å². The van der Waals surface area contributed by atoms with Gasteiger partial charge < -0.3 is 14.5 Å². The van der Waals surface area contributed by atoms with Gasteiger partial charge in [-0.05, 0) is 60.7 Å². The van der Waals surface area contributed by atoms with Crippen LogP contribution in [-0.2, 0) is 10.0 Å². The largest absolute Gasteiger partial charge is 0.497 e. The first kappa shape index (κ1) is 20.3.